The molecule has 21 heavy (non-hydrogen) atoms. The van der Waals surface area contributed by atoms with Crippen LogP contribution in [0.1, 0.15) is 31.4 Å². The Kier molecular flexibility index (Phi) is 4.81. The Morgan fingerprint density at radius 3 is 2.48 bits per heavy atom. The molecular weight excluding hydrogens is 268 g/mol. The third kappa shape index (κ3) is 3.34. The maximum Gasteiger partial charge on any atom is 0.309 e. The summed E-state index contributed by atoms with van der Waals surface area (Å²) in [6.45, 7) is 1.91. The van der Waals surface area contributed by atoms with E-state index in [-0.39, 0.29) is 0 Å². The van der Waals surface area contributed by atoms with Gasteiger partial charge < -0.3 is 14.9 Å². The number of aliphatic carboxylic acids is 1. The van der Waals surface area contributed by atoms with Gasteiger partial charge in [0.1, 0.15) is 5.75 Å². The SMILES string of the molecule is CCCC(C(=O)O)C(O)c1ccc2cc(OC)ccc2c1. The molecule has 2 atom stereocenters. The molecule has 0 heterocycles. The smallest absolute Gasteiger partial charge is 0.309 e. The largest absolute Gasteiger partial charge is 0.497 e. The van der Waals surface area contributed by atoms with Gasteiger partial charge in [-0.15, -0.1) is 0 Å². The molecule has 0 radical (unpaired) electrons. The molecule has 0 saturated carbocycles. The Morgan fingerprint density at radius 2 is 1.86 bits per heavy atom. The van der Waals surface area contributed by atoms with E-state index < -0.39 is 18.0 Å². The Hall–Kier alpha value is -2.07. The number of rotatable bonds is 6. The fraction of sp³-hybridized carbons (Fsp3) is 0.353. The van der Waals surface area contributed by atoms with Crippen LogP contribution in [-0.4, -0.2) is 23.3 Å². The highest BCUT2D eigenvalue weighted by atomic mass is 16.5. The van der Waals surface area contributed by atoms with Crippen LogP contribution in [0.25, 0.3) is 10.8 Å². The van der Waals surface area contributed by atoms with E-state index >= 15 is 0 Å². The lowest BCUT2D eigenvalue weighted by molar-refractivity contribution is -0.146. The van der Waals surface area contributed by atoms with Crippen LogP contribution in [0.3, 0.4) is 0 Å². The summed E-state index contributed by atoms with van der Waals surface area (Å²) < 4.78 is 5.17. The molecule has 0 fully saturated rings. The van der Waals surface area contributed by atoms with Crippen molar-refractivity contribution in [1.29, 1.82) is 0 Å². The second kappa shape index (κ2) is 6.59. The van der Waals surface area contributed by atoms with Crippen molar-refractivity contribution in [1.82, 2.24) is 0 Å². The Labute approximate surface area is 124 Å². The predicted octanol–water partition coefficient (Wildman–Crippen LogP) is 3.38. The Morgan fingerprint density at radius 1 is 1.19 bits per heavy atom. The van der Waals surface area contributed by atoms with Crippen molar-refractivity contribution >= 4 is 16.7 Å². The molecule has 2 rings (SSSR count). The van der Waals surface area contributed by atoms with Gasteiger partial charge in [-0.25, -0.2) is 0 Å². The van der Waals surface area contributed by atoms with Crippen LogP contribution in [0.2, 0.25) is 0 Å². The van der Waals surface area contributed by atoms with Gasteiger partial charge >= 0.3 is 5.97 Å². The maximum absolute atomic E-state index is 11.3. The number of carboxylic acid groups (broad SMARTS) is 1. The number of methoxy groups -OCH3 is 1. The third-order valence-electron chi connectivity index (χ3n) is 3.71. The Bertz CT molecular complexity index is 636. The molecule has 2 aromatic carbocycles. The summed E-state index contributed by atoms with van der Waals surface area (Å²) in [4.78, 5) is 11.3. The number of fused-ring (bicyclic) bond motifs is 1. The molecule has 0 aliphatic carbocycles. The van der Waals surface area contributed by atoms with Gasteiger partial charge in [0.25, 0.3) is 0 Å². The van der Waals surface area contributed by atoms with E-state index in [1.807, 2.05) is 37.3 Å². The third-order valence-corrected chi connectivity index (χ3v) is 3.71. The normalized spacial score (nSPS) is 13.9. The topological polar surface area (TPSA) is 66.8 Å². The molecule has 0 saturated heterocycles. The molecular formula is C17H20O4. The van der Waals surface area contributed by atoms with Crippen molar-refractivity contribution < 1.29 is 19.7 Å². The summed E-state index contributed by atoms with van der Waals surface area (Å²) in [6, 6.07) is 11.1. The average molecular weight is 288 g/mol. The minimum atomic E-state index is -0.992. The van der Waals surface area contributed by atoms with Crippen molar-refractivity contribution in [2.24, 2.45) is 5.92 Å². The first-order valence-corrected chi connectivity index (χ1v) is 7.05. The van der Waals surface area contributed by atoms with Crippen molar-refractivity contribution in [2.45, 2.75) is 25.9 Å². The number of carboxylic acids is 1. The second-order valence-electron chi connectivity index (χ2n) is 5.15. The van der Waals surface area contributed by atoms with Gasteiger partial charge in [-0.3, -0.25) is 4.79 Å². The van der Waals surface area contributed by atoms with E-state index in [0.29, 0.717) is 12.0 Å². The summed E-state index contributed by atoms with van der Waals surface area (Å²) in [7, 11) is 1.61. The minimum absolute atomic E-state index is 0.456. The number of ether oxygens (including phenoxy) is 1. The van der Waals surface area contributed by atoms with E-state index in [1.54, 1.807) is 13.2 Å². The lowest BCUT2D eigenvalue weighted by atomic mass is 9.91. The molecule has 2 N–H and O–H groups in total. The Balaban J connectivity index is 2.35. The molecule has 0 spiro atoms. The van der Waals surface area contributed by atoms with Gasteiger partial charge in [0, 0.05) is 0 Å². The number of hydrogen-bond donors (Lipinski definition) is 2. The first-order chi connectivity index (χ1) is 10.1. The van der Waals surface area contributed by atoms with Gasteiger partial charge in [-0.05, 0) is 41.0 Å². The quantitative estimate of drug-likeness (QED) is 0.855. The molecule has 0 aliphatic heterocycles. The first-order valence-electron chi connectivity index (χ1n) is 7.05. The molecule has 2 aromatic rings. The summed E-state index contributed by atoms with van der Waals surface area (Å²) >= 11 is 0. The zero-order valence-electron chi connectivity index (χ0n) is 12.2. The van der Waals surface area contributed by atoms with E-state index in [9.17, 15) is 15.0 Å². The number of hydrogen-bond acceptors (Lipinski definition) is 3. The van der Waals surface area contributed by atoms with Gasteiger partial charge in [-0.1, -0.05) is 31.5 Å². The highest BCUT2D eigenvalue weighted by molar-refractivity contribution is 5.84. The van der Waals surface area contributed by atoms with Crippen LogP contribution in [0.5, 0.6) is 5.75 Å². The van der Waals surface area contributed by atoms with Crippen molar-refractivity contribution in [3.63, 3.8) is 0 Å². The summed E-state index contributed by atoms with van der Waals surface area (Å²) in [5.74, 6) is -0.963. The van der Waals surface area contributed by atoms with Crippen LogP contribution in [0.15, 0.2) is 36.4 Å². The zero-order valence-corrected chi connectivity index (χ0v) is 12.2. The average Bonchev–Trinajstić information content (AvgIpc) is 2.50. The van der Waals surface area contributed by atoms with Gasteiger partial charge in [-0.2, -0.15) is 0 Å². The number of benzene rings is 2. The van der Waals surface area contributed by atoms with Crippen LogP contribution in [0, 0.1) is 5.92 Å². The van der Waals surface area contributed by atoms with Gasteiger partial charge in [0.15, 0.2) is 0 Å². The molecule has 2 unspecified atom stereocenters. The molecule has 4 nitrogen and oxygen atoms in total. The lowest BCUT2D eigenvalue weighted by Gasteiger charge is -2.19. The first kappa shape index (κ1) is 15.3. The van der Waals surface area contributed by atoms with E-state index in [4.69, 9.17) is 4.74 Å². The molecule has 112 valence electrons. The van der Waals surface area contributed by atoms with E-state index in [2.05, 4.69) is 0 Å². The van der Waals surface area contributed by atoms with Gasteiger partial charge in [0.05, 0.1) is 19.1 Å². The molecule has 0 bridgehead atoms. The summed E-state index contributed by atoms with van der Waals surface area (Å²) in [5, 5.41) is 21.5. The number of carbonyl (C=O) groups is 1. The maximum atomic E-state index is 11.3. The fourth-order valence-corrected chi connectivity index (χ4v) is 2.51. The molecule has 0 aromatic heterocycles. The summed E-state index contributed by atoms with van der Waals surface area (Å²) in [6.07, 6.45) is 0.185. The second-order valence-corrected chi connectivity index (χ2v) is 5.15. The van der Waals surface area contributed by atoms with E-state index in [0.717, 1.165) is 22.9 Å². The van der Waals surface area contributed by atoms with E-state index in [1.165, 1.54) is 0 Å². The predicted molar refractivity (Wildman–Crippen MR) is 81.5 cm³/mol. The summed E-state index contributed by atoms with van der Waals surface area (Å²) in [5.41, 5.74) is 0.633. The van der Waals surface area contributed by atoms with Crippen molar-refractivity contribution in [3.8, 4) is 5.75 Å². The zero-order chi connectivity index (χ0) is 15.4. The van der Waals surface area contributed by atoms with Gasteiger partial charge in [0.2, 0.25) is 0 Å². The van der Waals surface area contributed by atoms with Crippen LogP contribution in [-0.2, 0) is 4.79 Å². The minimum Gasteiger partial charge on any atom is -0.497 e. The molecule has 0 aliphatic rings. The number of aliphatic hydroxyl groups is 1. The van der Waals surface area contributed by atoms with Crippen LogP contribution < -0.4 is 4.74 Å². The highest BCUT2D eigenvalue weighted by Crippen LogP contribution is 2.29. The van der Waals surface area contributed by atoms with Crippen molar-refractivity contribution in [2.75, 3.05) is 7.11 Å². The fourth-order valence-electron chi connectivity index (χ4n) is 2.51. The molecule has 4 heteroatoms. The van der Waals surface area contributed by atoms with Crippen LogP contribution in [0.4, 0.5) is 0 Å². The van der Waals surface area contributed by atoms with Crippen molar-refractivity contribution in [3.05, 3.63) is 42.0 Å². The van der Waals surface area contributed by atoms with Crippen LogP contribution >= 0.6 is 0 Å². The monoisotopic (exact) mass is 288 g/mol. The number of aliphatic hydroxyl groups excluding tert-OH is 1. The highest BCUT2D eigenvalue weighted by Gasteiger charge is 2.26. The molecule has 0 amide bonds. The standard InChI is InChI=1S/C17H20O4/c1-3-4-15(17(19)20)16(18)13-6-5-12-10-14(21-2)8-7-11(12)9-13/h5-10,15-16,18H,3-4H2,1-2H3,(H,19,20). The lowest BCUT2D eigenvalue weighted by Crippen LogP contribution is -2.21.